The topological polar surface area (TPSA) is 74.8 Å². The second-order valence-electron chi connectivity index (χ2n) is 6.59. The average molecular weight is 350 g/mol. The Balaban J connectivity index is 1.69. The van der Waals surface area contributed by atoms with Crippen molar-refractivity contribution >= 4 is 17.6 Å². The van der Waals surface area contributed by atoms with Gasteiger partial charge in [0.05, 0.1) is 26.2 Å². The van der Waals surface area contributed by atoms with E-state index in [0.29, 0.717) is 38.6 Å². The van der Waals surface area contributed by atoms with Gasteiger partial charge in [-0.1, -0.05) is 0 Å². The summed E-state index contributed by atoms with van der Waals surface area (Å²) in [5.74, 6) is -0.384. The lowest BCUT2D eigenvalue weighted by Crippen LogP contribution is -2.61. The number of morpholine rings is 1. The van der Waals surface area contributed by atoms with Crippen molar-refractivity contribution in [1.82, 2.24) is 15.2 Å². The number of pyridine rings is 1. The summed E-state index contributed by atoms with van der Waals surface area (Å²) < 4.78 is 20.1. The third-order valence-electron chi connectivity index (χ3n) is 4.67. The number of anilines is 1. The molecular weight excluding hydrogens is 327 g/mol. The molecule has 1 N–H and O–H groups in total. The third-order valence-corrected chi connectivity index (χ3v) is 4.67. The summed E-state index contributed by atoms with van der Waals surface area (Å²) in [6, 6.07) is 2.96. The number of halogens is 1. The average Bonchev–Trinajstić information content (AvgIpc) is 2.60. The summed E-state index contributed by atoms with van der Waals surface area (Å²) in [7, 11) is 0. The Morgan fingerprint density at radius 3 is 3.00 bits per heavy atom. The molecule has 2 amide bonds. The van der Waals surface area contributed by atoms with Gasteiger partial charge in [-0.15, -0.1) is 0 Å². The fourth-order valence-corrected chi connectivity index (χ4v) is 3.51. The van der Waals surface area contributed by atoms with Crippen molar-refractivity contribution in [3.8, 4) is 0 Å². The summed E-state index contributed by atoms with van der Waals surface area (Å²) in [4.78, 5) is 31.1. The molecule has 1 unspecified atom stereocenters. The van der Waals surface area contributed by atoms with Crippen molar-refractivity contribution in [2.75, 3.05) is 44.2 Å². The number of hydrogen-bond donors (Lipinski definition) is 1. The maximum absolute atomic E-state index is 14.1. The molecule has 0 bridgehead atoms. The van der Waals surface area contributed by atoms with Crippen LogP contribution >= 0.6 is 0 Å². The van der Waals surface area contributed by atoms with Gasteiger partial charge in [-0.05, 0) is 25.0 Å². The first-order chi connectivity index (χ1) is 12.0. The van der Waals surface area contributed by atoms with Crippen LogP contribution in [0.1, 0.15) is 19.8 Å². The van der Waals surface area contributed by atoms with E-state index in [0.717, 1.165) is 12.8 Å². The molecule has 0 aromatic carbocycles. The molecule has 136 valence electrons. The maximum atomic E-state index is 14.1. The lowest BCUT2D eigenvalue weighted by molar-refractivity contribution is -0.151. The number of carbonyl (C=O) groups is 2. The van der Waals surface area contributed by atoms with Gasteiger partial charge in [-0.2, -0.15) is 0 Å². The predicted molar refractivity (Wildman–Crippen MR) is 89.6 cm³/mol. The zero-order chi connectivity index (χ0) is 17.9. The zero-order valence-electron chi connectivity index (χ0n) is 14.3. The van der Waals surface area contributed by atoms with Crippen LogP contribution < -0.4 is 10.2 Å². The van der Waals surface area contributed by atoms with E-state index in [4.69, 9.17) is 4.74 Å². The molecule has 0 aliphatic carbocycles. The Morgan fingerprint density at radius 2 is 2.24 bits per heavy atom. The zero-order valence-corrected chi connectivity index (χ0v) is 14.3. The molecular formula is C17H23FN4O3. The summed E-state index contributed by atoms with van der Waals surface area (Å²) in [6.45, 7) is 3.95. The number of carbonyl (C=O) groups excluding carboxylic acids is 2. The van der Waals surface area contributed by atoms with Gasteiger partial charge in [0.25, 0.3) is 0 Å². The second kappa shape index (κ2) is 7.35. The van der Waals surface area contributed by atoms with Crippen LogP contribution in [0, 0.1) is 5.82 Å². The number of rotatable bonds is 3. The molecule has 1 atom stereocenters. The third kappa shape index (κ3) is 4.07. The Kier molecular flexibility index (Phi) is 5.17. The van der Waals surface area contributed by atoms with Crippen LogP contribution in [0.4, 0.5) is 10.2 Å². The predicted octanol–water partition coefficient (Wildman–Crippen LogP) is 0.555. The van der Waals surface area contributed by atoms with E-state index in [1.54, 1.807) is 17.2 Å². The van der Waals surface area contributed by atoms with Crippen molar-refractivity contribution in [3.63, 3.8) is 0 Å². The van der Waals surface area contributed by atoms with E-state index < -0.39 is 5.60 Å². The normalized spacial score (nSPS) is 23.6. The largest absolute Gasteiger partial charge is 0.369 e. The second-order valence-corrected chi connectivity index (χ2v) is 6.59. The number of hydrogen-bond acceptors (Lipinski definition) is 5. The lowest BCUT2D eigenvalue weighted by atomic mass is 9.90. The minimum atomic E-state index is -0.521. The van der Waals surface area contributed by atoms with Crippen molar-refractivity contribution in [2.24, 2.45) is 0 Å². The summed E-state index contributed by atoms with van der Waals surface area (Å²) in [6.07, 6.45) is 3.22. The summed E-state index contributed by atoms with van der Waals surface area (Å²) in [5.41, 5.74) is -0.521. The number of aromatic nitrogens is 1. The van der Waals surface area contributed by atoms with Crippen molar-refractivity contribution < 1.29 is 18.7 Å². The molecule has 0 radical (unpaired) electrons. The van der Waals surface area contributed by atoms with Gasteiger partial charge in [-0.3, -0.25) is 9.59 Å². The molecule has 1 aromatic rings. The van der Waals surface area contributed by atoms with E-state index in [9.17, 15) is 14.0 Å². The molecule has 2 fully saturated rings. The van der Waals surface area contributed by atoms with Crippen LogP contribution in [0.15, 0.2) is 18.3 Å². The van der Waals surface area contributed by atoms with Gasteiger partial charge in [0, 0.05) is 26.2 Å². The minimum absolute atomic E-state index is 0.00992. The Morgan fingerprint density at radius 1 is 1.40 bits per heavy atom. The molecule has 1 spiro atoms. The van der Waals surface area contributed by atoms with Crippen molar-refractivity contribution in [2.45, 2.75) is 25.4 Å². The molecule has 2 saturated heterocycles. The van der Waals surface area contributed by atoms with Crippen LogP contribution in [-0.2, 0) is 14.3 Å². The number of nitrogens with one attached hydrogen (secondary N) is 1. The monoisotopic (exact) mass is 350 g/mol. The van der Waals surface area contributed by atoms with Gasteiger partial charge in [0.2, 0.25) is 11.8 Å². The van der Waals surface area contributed by atoms with Crippen LogP contribution in [0.3, 0.4) is 0 Å². The number of nitrogens with zero attached hydrogens (tertiary/aromatic N) is 3. The first-order valence-electron chi connectivity index (χ1n) is 8.51. The number of ether oxygens (including phenoxy) is 1. The molecule has 1 aromatic heterocycles. The molecule has 8 heteroatoms. The molecule has 2 aliphatic heterocycles. The number of amides is 2. The first kappa shape index (κ1) is 17.6. The van der Waals surface area contributed by atoms with Gasteiger partial charge in [-0.25, -0.2) is 9.37 Å². The smallest absolute Gasteiger partial charge is 0.242 e. The molecule has 0 saturated carbocycles. The fraction of sp³-hybridized carbons (Fsp3) is 0.588. The molecule has 25 heavy (non-hydrogen) atoms. The van der Waals surface area contributed by atoms with Gasteiger partial charge in [0.1, 0.15) is 5.60 Å². The summed E-state index contributed by atoms with van der Waals surface area (Å²) in [5, 5.41) is 2.54. The molecule has 2 aliphatic rings. The van der Waals surface area contributed by atoms with Crippen LogP contribution in [0.25, 0.3) is 0 Å². The van der Waals surface area contributed by atoms with Gasteiger partial charge >= 0.3 is 0 Å². The van der Waals surface area contributed by atoms with E-state index in [1.165, 1.54) is 13.0 Å². The highest BCUT2D eigenvalue weighted by molar-refractivity contribution is 5.83. The van der Waals surface area contributed by atoms with Crippen LogP contribution in [0.5, 0.6) is 0 Å². The molecule has 3 rings (SSSR count). The first-order valence-corrected chi connectivity index (χ1v) is 8.51. The quantitative estimate of drug-likeness (QED) is 0.862. The van der Waals surface area contributed by atoms with E-state index in [1.807, 2.05) is 4.90 Å². The summed E-state index contributed by atoms with van der Waals surface area (Å²) >= 11 is 0. The van der Waals surface area contributed by atoms with Gasteiger partial charge in [0.15, 0.2) is 11.6 Å². The lowest BCUT2D eigenvalue weighted by Gasteiger charge is -2.48. The highest BCUT2D eigenvalue weighted by Gasteiger charge is 2.42. The Labute approximate surface area is 146 Å². The van der Waals surface area contributed by atoms with Gasteiger partial charge < -0.3 is 19.9 Å². The highest BCUT2D eigenvalue weighted by Crippen LogP contribution is 2.31. The van der Waals surface area contributed by atoms with E-state index in [2.05, 4.69) is 10.3 Å². The Bertz CT molecular complexity index is 653. The van der Waals surface area contributed by atoms with Crippen LogP contribution in [-0.4, -0.2) is 66.6 Å². The minimum Gasteiger partial charge on any atom is -0.369 e. The SMILES string of the molecule is CC(=O)NCC(=O)N1CCOC2(CCCN(c3ncccc3F)C2)C1. The Hall–Kier alpha value is -2.22. The number of piperidine rings is 1. The molecule has 7 nitrogen and oxygen atoms in total. The highest BCUT2D eigenvalue weighted by atomic mass is 19.1. The van der Waals surface area contributed by atoms with Crippen molar-refractivity contribution in [1.29, 1.82) is 0 Å². The maximum Gasteiger partial charge on any atom is 0.242 e. The van der Waals surface area contributed by atoms with E-state index in [-0.39, 0.29) is 24.2 Å². The van der Waals surface area contributed by atoms with Crippen LogP contribution in [0.2, 0.25) is 0 Å². The fourth-order valence-electron chi connectivity index (χ4n) is 3.51. The van der Waals surface area contributed by atoms with E-state index >= 15 is 0 Å². The molecule has 3 heterocycles. The standard InChI is InChI=1S/C17H23FN4O3/c1-13(23)20-10-15(24)21-8-9-25-17(11-21)5-3-7-22(12-17)16-14(18)4-2-6-19-16/h2,4,6H,3,5,7-12H2,1H3,(H,20,23). The van der Waals surface area contributed by atoms with Crippen molar-refractivity contribution in [3.05, 3.63) is 24.1 Å².